The number of nitrogen functional groups attached to an aromatic ring is 1. The molecule has 1 heterocycles. The SMILES string of the molecule is Nc1ccc(CN2CCc3ccccc32)cc1Cl. The molecule has 0 saturated heterocycles. The zero-order chi connectivity index (χ0) is 12.5. The van der Waals surface area contributed by atoms with E-state index in [9.17, 15) is 0 Å². The molecule has 2 aromatic carbocycles. The van der Waals surface area contributed by atoms with E-state index in [1.54, 1.807) is 0 Å². The van der Waals surface area contributed by atoms with Crippen LogP contribution in [0.3, 0.4) is 0 Å². The number of para-hydroxylation sites is 1. The maximum atomic E-state index is 6.06. The molecule has 2 N–H and O–H groups in total. The molecule has 0 unspecified atom stereocenters. The summed E-state index contributed by atoms with van der Waals surface area (Å²) in [6, 6.07) is 14.4. The van der Waals surface area contributed by atoms with Gasteiger partial charge in [0.1, 0.15) is 0 Å². The average molecular weight is 259 g/mol. The summed E-state index contributed by atoms with van der Waals surface area (Å²) in [5.74, 6) is 0. The van der Waals surface area contributed by atoms with E-state index in [-0.39, 0.29) is 0 Å². The number of anilines is 2. The maximum Gasteiger partial charge on any atom is 0.0638 e. The van der Waals surface area contributed by atoms with Gasteiger partial charge in [-0.05, 0) is 35.7 Å². The van der Waals surface area contributed by atoms with E-state index < -0.39 is 0 Å². The van der Waals surface area contributed by atoms with Crippen LogP contribution in [0.4, 0.5) is 11.4 Å². The number of fused-ring (bicyclic) bond motifs is 1. The summed E-state index contributed by atoms with van der Waals surface area (Å²) in [7, 11) is 0. The predicted molar refractivity (Wildman–Crippen MR) is 77.1 cm³/mol. The van der Waals surface area contributed by atoms with Crippen LogP contribution >= 0.6 is 11.6 Å². The summed E-state index contributed by atoms with van der Waals surface area (Å²) in [4.78, 5) is 2.39. The minimum atomic E-state index is 0.639. The molecule has 2 aromatic rings. The van der Waals surface area contributed by atoms with Crippen molar-refractivity contribution in [3.8, 4) is 0 Å². The van der Waals surface area contributed by atoms with E-state index in [2.05, 4.69) is 29.2 Å². The largest absolute Gasteiger partial charge is 0.398 e. The Morgan fingerprint density at radius 1 is 1.17 bits per heavy atom. The van der Waals surface area contributed by atoms with Crippen LogP contribution in [-0.2, 0) is 13.0 Å². The van der Waals surface area contributed by atoms with Gasteiger partial charge in [-0.1, -0.05) is 35.9 Å². The number of nitrogens with two attached hydrogens (primary N) is 1. The van der Waals surface area contributed by atoms with Crippen LogP contribution in [-0.4, -0.2) is 6.54 Å². The van der Waals surface area contributed by atoms with Crippen LogP contribution in [0, 0.1) is 0 Å². The smallest absolute Gasteiger partial charge is 0.0638 e. The molecule has 3 heteroatoms. The number of hydrogen-bond acceptors (Lipinski definition) is 2. The minimum absolute atomic E-state index is 0.639. The highest BCUT2D eigenvalue weighted by Gasteiger charge is 2.18. The molecule has 0 radical (unpaired) electrons. The van der Waals surface area contributed by atoms with Gasteiger partial charge in [0.25, 0.3) is 0 Å². The third kappa shape index (κ3) is 2.04. The molecule has 0 fully saturated rings. The minimum Gasteiger partial charge on any atom is -0.398 e. The Labute approximate surface area is 112 Å². The molecule has 18 heavy (non-hydrogen) atoms. The molecule has 0 bridgehead atoms. The fourth-order valence-corrected chi connectivity index (χ4v) is 2.66. The van der Waals surface area contributed by atoms with Crippen LogP contribution in [0.15, 0.2) is 42.5 Å². The lowest BCUT2D eigenvalue weighted by atomic mass is 10.1. The topological polar surface area (TPSA) is 29.3 Å². The van der Waals surface area contributed by atoms with Crippen LogP contribution < -0.4 is 10.6 Å². The van der Waals surface area contributed by atoms with Gasteiger partial charge in [-0.2, -0.15) is 0 Å². The Hall–Kier alpha value is -1.67. The normalized spacial score (nSPS) is 13.7. The van der Waals surface area contributed by atoms with Crippen LogP contribution in [0.5, 0.6) is 0 Å². The Morgan fingerprint density at radius 2 is 2.00 bits per heavy atom. The summed E-state index contributed by atoms with van der Waals surface area (Å²) < 4.78 is 0. The van der Waals surface area contributed by atoms with Gasteiger partial charge in [0, 0.05) is 18.8 Å². The lowest BCUT2D eigenvalue weighted by molar-refractivity contribution is 0.836. The second-order valence-electron chi connectivity index (χ2n) is 4.66. The standard InChI is InChI=1S/C15H15ClN2/c16-13-9-11(5-6-14(13)17)10-18-8-7-12-3-1-2-4-15(12)18/h1-6,9H,7-8,10,17H2. The van der Waals surface area contributed by atoms with Crippen molar-refractivity contribution < 1.29 is 0 Å². The molecular weight excluding hydrogens is 244 g/mol. The lowest BCUT2D eigenvalue weighted by Gasteiger charge is -2.19. The van der Waals surface area contributed by atoms with Crippen molar-refractivity contribution in [1.29, 1.82) is 0 Å². The maximum absolute atomic E-state index is 6.06. The van der Waals surface area contributed by atoms with Crippen LogP contribution in [0.2, 0.25) is 5.02 Å². The van der Waals surface area contributed by atoms with Gasteiger partial charge >= 0.3 is 0 Å². The first-order valence-corrected chi connectivity index (χ1v) is 6.48. The molecule has 92 valence electrons. The van der Waals surface area contributed by atoms with E-state index in [4.69, 9.17) is 17.3 Å². The predicted octanol–water partition coefficient (Wildman–Crippen LogP) is 3.48. The molecule has 0 saturated carbocycles. The van der Waals surface area contributed by atoms with Gasteiger partial charge < -0.3 is 10.6 Å². The van der Waals surface area contributed by atoms with Crippen molar-refractivity contribution in [3.05, 3.63) is 58.6 Å². The van der Waals surface area contributed by atoms with Crippen LogP contribution in [0.1, 0.15) is 11.1 Å². The quantitative estimate of drug-likeness (QED) is 0.836. The van der Waals surface area contributed by atoms with Crippen molar-refractivity contribution in [2.24, 2.45) is 0 Å². The molecule has 2 nitrogen and oxygen atoms in total. The van der Waals surface area contributed by atoms with Gasteiger partial charge in [-0.25, -0.2) is 0 Å². The summed E-state index contributed by atoms with van der Waals surface area (Å²) >= 11 is 6.06. The second kappa shape index (κ2) is 4.54. The van der Waals surface area contributed by atoms with E-state index in [0.717, 1.165) is 19.5 Å². The van der Waals surface area contributed by atoms with E-state index in [1.165, 1.54) is 16.8 Å². The van der Waals surface area contributed by atoms with Crippen molar-refractivity contribution in [3.63, 3.8) is 0 Å². The fourth-order valence-electron chi connectivity index (χ4n) is 2.46. The highest BCUT2D eigenvalue weighted by atomic mass is 35.5. The first-order valence-electron chi connectivity index (χ1n) is 6.11. The van der Waals surface area contributed by atoms with E-state index in [0.29, 0.717) is 10.7 Å². The Morgan fingerprint density at radius 3 is 2.83 bits per heavy atom. The average Bonchev–Trinajstić information content (AvgIpc) is 2.78. The van der Waals surface area contributed by atoms with Crippen molar-refractivity contribution in [2.45, 2.75) is 13.0 Å². The Bertz CT molecular complexity index is 580. The third-order valence-electron chi connectivity index (χ3n) is 3.42. The third-order valence-corrected chi connectivity index (χ3v) is 3.75. The molecular formula is C15H15ClN2. The summed E-state index contributed by atoms with van der Waals surface area (Å²) in [5.41, 5.74) is 10.3. The zero-order valence-corrected chi connectivity index (χ0v) is 10.8. The molecule has 0 aliphatic carbocycles. The van der Waals surface area contributed by atoms with Crippen LogP contribution in [0.25, 0.3) is 0 Å². The van der Waals surface area contributed by atoms with Crippen molar-refractivity contribution >= 4 is 23.0 Å². The number of nitrogens with zero attached hydrogens (tertiary/aromatic N) is 1. The van der Waals surface area contributed by atoms with Crippen molar-refractivity contribution in [1.82, 2.24) is 0 Å². The molecule has 1 aliphatic heterocycles. The fraction of sp³-hybridized carbons (Fsp3) is 0.200. The van der Waals surface area contributed by atoms with Gasteiger partial charge in [0.2, 0.25) is 0 Å². The van der Waals surface area contributed by atoms with E-state index in [1.807, 2.05) is 18.2 Å². The Balaban J connectivity index is 1.84. The Kier molecular flexibility index (Phi) is 2.88. The number of halogens is 1. The lowest BCUT2D eigenvalue weighted by Crippen LogP contribution is -2.19. The van der Waals surface area contributed by atoms with Crippen molar-refractivity contribution in [2.75, 3.05) is 17.2 Å². The first kappa shape index (κ1) is 11.4. The number of benzene rings is 2. The molecule has 0 aromatic heterocycles. The van der Waals surface area contributed by atoms with Gasteiger partial charge in [0.05, 0.1) is 10.7 Å². The highest BCUT2D eigenvalue weighted by Crippen LogP contribution is 2.29. The molecule has 1 aliphatic rings. The second-order valence-corrected chi connectivity index (χ2v) is 5.06. The molecule has 0 spiro atoms. The molecule has 0 amide bonds. The molecule has 3 rings (SSSR count). The van der Waals surface area contributed by atoms with Gasteiger partial charge in [-0.3, -0.25) is 0 Å². The highest BCUT2D eigenvalue weighted by molar-refractivity contribution is 6.33. The van der Waals surface area contributed by atoms with E-state index >= 15 is 0 Å². The zero-order valence-electron chi connectivity index (χ0n) is 10.1. The number of rotatable bonds is 2. The summed E-state index contributed by atoms with van der Waals surface area (Å²) in [6.45, 7) is 1.96. The summed E-state index contributed by atoms with van der Waals surface area (Å²) in [6.07, 6.45) is 1.12. The van der Waals surface area contributed by atoms with Gasteiger partial charge in [-0.15, -0.1) is 0 Å². The van der Waals surface area contributed by atoms with Gasteiger partial charge in [0.15, 0.2) is 0 Å². The summed E-state index contributed by atoms with van der Waals surface area (Å²) in [5, 5.41) is 0.639. The monoisotopic (exact) mass is 258 g/mol. The number of hydrogen-bond donors (Lipinski definition) is 1. The first-order chi connectivity index (χ1) is 8.74. The molecule has 0 atom stereocenters.